The van der Waals surface area contributed by atoms with Crippen molar-refractivity contribution in [1.29, 1.82) is 0 Å². The van der Waals surface area contributed by atoms with Gasteiger partial charge in [0.2, 0.25) is 0 Å². The molecule has 6 heteroatoms. The summed E-state index contributed by atoms with van der Waals surface area (Å²) in [4.78, 5) is 25.4. The lowest BCUT2D eigenvalue weighted by atomic mass is 9.81. The third kappa shape index (κ3) is 3.87. The highest BCUT2D eigenvalue weighted by molar-refractivity contribution is 5.74. The summed E-state index contributed by atoms with van der Waals surface area (Å²) in [5.41, 5.74) is 0.914. The minimum atomic E-state index is -0.844. The van der Waals surface area contributed by atoms with Crippen molar-refractivity contribution in [2.75, 3.05) is 26.3 Å². The Morgan fingerprint density at radius 2 is 2.04 bits per heavy atom. The number of hydrogen-bond donors (Lipinski definition) is 1. The summed E-state index contributed by atoms with van der Waals surface area (Å²) in [7, 11) is 0. The molecule has 1 aromatic carbocycles. The maximum atomic E-state index is 12.3. The maximum absolute atomic E-state index is 12.3. The van der Waals surface area contributed by atoms with E-state index in [-0.39, 0.29) is 25.0 Å². The zero-order valence-electron chi connectivity index (χ0n) is 13.6. The fourth-order valence-electron chi connectivity index (χ4n) is 3.63. The van der Waals surface area contributed by atoms with Gasteiger partial charge >= 0.3 is 12.1 Å². The number of benzene rings is 1. The van der Waals surface area contributed by atoms with Gasteiger partial charge in [-0.2, -0.15) is 0 Å². The SMILES string of the molecule is O=C(O)C1CN(C(=O)OCc2ccccc2)CC1C1CCCOC1. The van der Waals surface area contributed by atoms with Gasteiger partial charge in [0.15, 0.2) is 0 Å². The van der Waals surface area contributed by atoms with Crippen LogP contribution in [0.25, 0.3) is 0 Å². The van der Waals surface area contributed by atoms with Crippen LogP contribution in [-0.4, -0.2) is 48.4 Å². The Labute approximate surface area is 141 Å². The van der Waals surface area contributed by atoms with Crippen LogP contribution in [-0.2, 0) is 20.9 Å². The van der Waals surface area contributed by atoms with E-state index in [0.717, 1.165) is 25.0 Å². The van der Waals surface area contributed by atoms with Crippen LogP contribution in [0.1, 0.15) is 18.4 Å². The van der Waals surface area contributed by atoms with E-state index < -0.39 is 18.0 Å². The van der Waals surface area contributed by atoms with Crippen LogP contribution >= 0.6 is 0 Å². The molecule has 2 saturated heterocycles. The molecule has 0 bridgehead atoms. The van der Waals surface area contributed by atoms with Gasteiger partial charge in [0.05, 0.1) is 5.92 Å². The van der Waals surface area contributed by atoms with Crippen molar-refractivity contribution in [2.24, 2.45) is 17.8 Å². The highest BCUT2D eigenvalue weighted by Crippen LogP contribution is 2.34. The van der Waals surface area contributed by atoms with E-state index in [2.05, 4.69) is 0 Å². The van der Waals surface area contributed by atoms with E-state index in [0.29, 0.717) is 13.2 Å². The molecule has 0 aromatic heterocycles. The highest BCUT2D eigenvalue weighted by atomic mass is 16.6. The van der Waals surface area contributed by atoms with Crippen molar-refractivity contribution in [1.82, 2.24) is 4.90 Å². The zero-order chi connectivity index (χ0) is 16.9. The summed E-state index contributed by atoms with van der Waals surface area (Å²) in [5, 5.41) is 9.50. The number of carboxylic acid groups (broad SMARTS) is 1. The molecule has 1 amide bonds. The minimum Gasteiger partial charge on any atom is -0.481 e. The van der Waals surface area contributed by atoms with Gasteiger partial charge < -0.3 is 19.5 Å². The Balaban J connectivity index is 1.59. The molecule has 130 valence electrons. The molecule has 0 saturated carbocycles. The third-order valence-corrected chi connectivity index (χ3v) is 4.95. The molecule has 0 aliphatic carbocycles. The predicted octanol–water partition coefficient (Wildman–Crippen LogP) is 2.38. The average Bonchev–Trinajstić information content (AvgIpc) is 3.07. The molecule has 0 spiro atoms. The molecule has 0 radical (unpaired) electrons. The Hall–Kier alpha value is -2.08. The van der Waals surface area contributed by atoms with E-state index >= 15 is 0 Å². The van der Waals surface area contributed by atoms with Gasteiger partial charge in [-0.25, -0.2) is 4.79 Å². The molecular weight excluding hydrogens is 310 g/mol. The number of aliphatic carboxylic acids is 1. The Bertz CT molecular complexity index is 570. The summed E-state index contributed by atoms with van der Waals surface area (Å²) >= 11 is 0. The number of rotatable bonds is 4. The van der Waals surface area contributed by atoms with E-state index in [4.69, 9.17) is 9.47 Å². The smallest absolute Gasteiger partial charge is 0.410 e. The van der Waals surface area contributed by atoms with Crippen LogP contribution in [0, 0.1) is 17.8 Å². The minimum absolute atomic E-state index is 0.0629. The zero-order valence-corrected chi connectivity index (χ0v) is 13.6. The lowest BCUT2D eigenvalue weighted by Gasteiger charge is -2.29. The van der Waals surface area contributed by atoms with Crippen LogP contribution in [0.4, 0.5) is 4.79 Å². The van der Waals surface area contributed by atoms with Crippen LogP contribution in [0.3, 0.4) is 0 Å². The lowest BCUT2D eigenvalue weighted by Crippen LogP contribution is -2.33. The molecule has 3 atom stereocenters. The van der Waals surface area contributed by atoms with Crippen molar-refractivity contribution in [2.45, 2.75) is 19.4 Å². The van der Waals surface area contributed by atoms with Gasteiger partial charge in [-0.05, 0) is 30.2 Å². The number of carboxylic acids is 1. The van der Waals surface area contributed by atoms with E-state index in [1.165, 1.54) is 4.90 Å². The Morgan fingerprint density at radius 1 is 1.25 bits per heavy atom. The van der Waals surface area contributed by atoms with Crippen LogP contribution in [0.15, 0.2) is 30.3 Å². The van der Waals surface area contributed by atoms with E-state index in [1.54, 1.807) is 0 Å². The van der Waals surface area contributed by atoms with Crippen LogP contribution in [0.2, 0.25) is 0 Å². The molecule has 1 aromatic rings. The summed E-state index contributed by atoms with van der Waals surface area (Å²) in [6.07, 6.45) is 1.47. The fraction of sp³-hybridized carbons (Fsp3) is 0.556. The molecule has 1 N–H and O–H groups in total. The van der Waals surface area contributed by atoms with E-state index in [9.17, 15) is 14.7 Å². The van der Waals surface area contributed by atoms with Gasteiger partial charge in [-0.3, -0.25) is 4.79 Å². The molecule has 2 fully saturated rings. The van der Waals surface area contributed by atoms with Crippen molar-refractivity contribution in [3.8, 4) is 0 Å². The number of nitrogens with zero attached hydrogens (tertiary/aromatic N) is 1. The second-order valence-corrected chi connectivity index (χ2v) is 6.53. The fourth-order valence-corrected chi connectivity index (χ4v) is 3.63. The third-order valence-electron chi connectivity index (χ3n) is 4.95. The Kier molecular flexibility index (Phi) is 5.35. The molecule has 6 nitrogen and oxygen atoms in total. The quantitative estimate of drug-likeness (QED) is 0.915. The highest BCUT2D eigenvalue weighted by Gasteiger charge is 2.44. The summed E-state index contributed by atoms with van der Waals surface area (Å²) < 4.78 is 10.8. The molecule has 2 aliphatic heterocycles. The first-order chi connectivity index (χ1) is 11.6. The number of carbonyl (C=O) groups is 2. The topological polar surface area (TPSA) is 76.1 Å². The molecule has 2 heterocycles. The summed E-state index contributed by atoms with van der Waals surface area (Å²) in [6, 6.07) is 9.45. The molecule has 3 unspecified atom stereocenters. The molecule has 24 heavy (non-hydrogen) atoms. The van der Waals surface area contributed by atoms with E-state index in [1.807, 2.05) is 30.3 Å². The second-order valence-electron chi connectivity index (χ2n) is 6.53. The first-order valence-corrected chi connectivity index (χ1v) is 8.41. The van der Waals surface area contributed by atoms with Gasteiger partial charge in [-0.1, -0.05) is 30.3 Å². The van der Waals surface area contributed by atoms with Crippen molar-refractivity contribution in [3.05, 3.63) is 35.9 Å². The summed E-state index contributed by atoms with van der Waals surface area (Å²) in [6.45, 7) is 2.17. The standard InChI is InChI=1S/C18H23NO5/c20-17(21)16-10-19(9-15(16)14-7-4-8-23-12-14)18(22)24-11-13-5-2-1-3-6-13/h1-3,5-6,14-16H,4,7-12H2,(H,20,21). The largest absolute Gasteiger partial charge is 0.481 e. The maximum Gasteiger partial charge on any atom is 0.410 e. The monoisotopic (exact) mass is 333 g/mol. The number of carbonyl (C=O) groups excluding carboxylic acids is 1. The first-order valence-electron chi connectivity index (χ1n) is 8.41. The predicted molar refractivity (Wildman–Crippen MR) is 86.4 cm³/mol. The molecule has 3 rings (SSSR count). The van der Waals surface area contributed by atoms with Crippen LogP contribution < -0.4 is 0 Å². The Morgan fingerprint density at radius 3 is 2.71 bits per heavy atom. The second kappa shape index (κ2) is 7.66. The van der Waals surface area contributed by atoms with Crippen LogP contribution in [0.5, 0.6) is 0 Å². The number of amides is 1. The average molecular weight is 333 g/mol. The number of ether oxygens (including phenoxy) is 2. The van der Waals surface area contributed by atoms with Gasteiger partial charge in [-0.15, -0.1) is 0 Å². The first kappa shape index (κ1) is 16.8. The summed E-state index contributed by atoms with van der Waals surface area (Å²) in [5.74, 6) is -1.25. The van der Waals surface area contributed by atoms with Crippen molar-refractivity contribution >= 4 is 12.1 Å². The van der Waals surface area contributed by atoms with Gasteiger partial charge in [0.25, 0.3) is 0 Å². The molecular formula is C18H23NO5. The number of likely N-dealkylation sites (tertiary alicyclic amines) is 1. The van der Waals surface area contributed by atoms with Crippen molar-refractivity contribution in [3.63, 3.8) is 0 Å². The van der Waals surface area contributed by atoms with Gasteiger partial charge in [0.1, 0.15) is 6.61 Å². The number of hydrogen-bond acceptors (Lipinski definition) is 4. The molecule has 2 aliphatic rings. The van der Waals surface area contributed by atoms with Crippen molar-refractivity contribution < 1.29 is 24.2 Å². The normalized spacial score (nSPS) is 27.0. The lowest BCUT2D eigenvalue weighted by molar-refractivity contribution is -0.143. The van der Waals surface area contributed by atoms with Gasteiger partial charge in [0, 0.05) is 26.3 Å².